The van der Waals surface area contributed by atoms with Gasteiger partial charge in [0.05, 0.1) is 17.0 Å². The molecule has 0 spiro atoms. The first-order chi connectivity index (χ1) is 17.8. The number of anilines is 2. The summed E-state index contributed by atoms with van der Waals surface area (Å²) in [5.41, 5.74) is 4.06. The van der Waals surface area contributed by atoms with Gasteiger partial charge < -0.3 is 14.5 Å². The SMILES string of the molecule is CCOC(=O)CN1C(=O)CC(C)(C)c2cc(CCN3CCN(c4nsc5ccccc45)CC3)cc(C)c21. The summed E-state index contributed by atoms with van der Waals surface area (Å²) in [4.78, 5) is 31.8. The van der Waals surface area contributed by atoms with Crippen molar-refractivity contribution in [2.24, 2.45) is 0 Å². The van der Waals surface area contributed by atoms with E-state index in [4.69, 9.17) is 9.11 Å². The van der Waals surface area contributed by atoms with Gasteiger partial charge in [-0.1, -0.05) is 38.1 Å². The fourth-order valence-electron chi connectivity index (χ4n) is 5.64. The van der Waals surface area contributed by atoms with E-state index in [1.165, 1.54) is 15.6 Å². The van der Waals surface area contributed by atoms with E-state index in [1.807, 2.05) is 6.92 Å². The van der Waals surface area contributed by atoms with Crippen molar-refractivity contribution in [3.63, 3.8) is 0 Å². The van der Waals surface area contributed by atoms with Gasteiger partial charge in [-0.3, -0.25) is 14.5 Å². The van der Waals surface area contributed by atoms with Gasteiger partial charge in [0.25, 0.3) is 0 Å². The topological polar surface area (TPSA) is 66.0 Å². The Balaban J connectivity index is 1.26. The van der Waals surface area contributed by atoms with Gasteiger partial charge in [0.1, 0.15) is 12.4 Å². The molecule has 0 unspecified atom stereocenters. The highest BCUT2D eigenvalue weighted by Crippen LogP contribution is 2.43. The van der Waals surface area contributed by atoms with Gasteiger partial charge in [-0.25, -0.2) is 0 Å². The number of piperazine rings is 1. The van der Waals surface area contributed by atoms with Crippen LogP contribution >= 0.6 is 11.5 Å². The highest BCUT2D eigenvalue weighted by molar-refractivity contribution is 7.13. The van der Waals surface area contributed by atoms with Gasteiger partial charge in [-0.2, -0.15) is 4.37 Å². The molecule has 3 aromatic rings. The maximum Gasteiger partial charge on any atom is 0.326 e. The molecule has 196 valence electrons. The average molecular weight is 521 g/mol. The number of ether oxygens (including phenoxy) is 1. The van der Waals surface area contributed by atoms with E-state index in [1.54, 1.807) is 23.4 Å². The Morgan fingerprint density at radius 2 is 1.89 bits per heavy atom. The van der Waals surface area contributed by atoms with Crippen LogP contribution in [0.1, 0.15) is 43.9 Å². The number of nitrogens with zero attached hydrogens (tertiary/aromatic N) is 4. The first kappa shape index (κ1) is 25.7. The second kappa shape index (κ2) is 10.4. The third-order valence-electron chi connectivity index (χ3n) is 7.59. The molecule has 2 aliphatic rings. The number of amides is 1. The van der Waals surface area contributed by atoms with Gasteiger partial charge >= 0.3 is 5.97 Å². The van der Waals surface area contributed by atoms with Crippen LogP contribution < -0.4 is 9.80 Å². The maximum absolute atomic E-state index is 13.0. The summed E-state index contributed by atoms with van der Waals surface area (Å²) in [6.07, 6.45) is 1.34. The Hall–Kier alpha value is -2.97. The highest BCUT2D eigenvalue weighted by atomic mass is 32.1. The number of carbonyl (C=O) groups excluding carboxylic acids is 2. The molecule has 0 bridgehead atoms. The largest absolute Gasteiger partial charge is 0.465 e. The van der Waals surface area contributed by atoms with Gasteiger partial charge in [0.2, 0.25) is 5.91 Å². The van der Waals surface area contributed by atoms with Crippen molar-refractivity contribution in [1.82, 2.24) is 9.27 Å². The second-order valence-corrected chi connectivity index (χ2v) is 11.5. The molecule has 0 N–H and O–H groups in total. The summed E-state index contributed by atoms with van der Waals surface area (Å²) in [6.45, 7) is 13.3. The summed E-state index contributed by atoms with van der Waals surface area (Å²) < 4.78 is 11.1. The number of hydrogen-bond acceptors (Lipinski definition) is 7. The molecule has 1 fully saturated rings. The Labute approximate surface area is 223 Å². The molecule has 8 heteroatoms. The molecule has 2 aliphatic heterocycles. The normalized spacial score (nSPS) is 17.8. The lowest BCUT2D eigenvalue weighted by Crippen LogP contribution is -2.47. The highest BCUT2D eigenvalue weighted by Gasteiger charge is 2.38. The summed E-state index contributed by atoms with van der Waals surface area (Å²) in [5.74, 6) is 0.733. The van der Waals surface area contributed by atoms with Crippen molar-refractivity contribution in [2.75, 3.05) is 55.7 Å². The van der Waals surface area contributed by atoms with Gasteiger partial charge in [0, 0.05) is 49.9 Å². The van der Waals surface area contributed by atoms with Crippen LogP contribution in [0.25, 0.3) is 10.1 Å². The number of benzene rings is 2. The molecular formula is C29H36N4O3S. The van der Waals surface area contributed by atoms with Crippen LogP contribution in [0, 0.1) is 6.92 Å². The zero-order chi connectivity index (χ0) is 26.2. The molecule has 0 radical (unpaired) electrons. The lowest BCUT2D eigenvalue weighted by atomic mass is 9.75. The average Bonchev–Trinajstić information content (AvgIpc) is 3.30. The quantitative estimate of drug-likeness (QED) is 0.426. The summed E-state index contributed by atoms with van der Waals surface area (Å²) in [6, 6.07) is 12.9. The van der Waals surface area contributed by atoms with E-state index in [2.05, 4.69) is 60.0 Å². The number of hydrogen-bond donors (Lipinski definition) is 0. The minimum absolute atomic E-state index is 0.0211. The zero-order valence-corrected chi connectivity index (χ0v) is 23.1. The van der Waals surface area contributed by atoms with Crippen molar-refractivity contribution in [3.05, 3.63) is 53.1 Å². The Kier molecular flexibility index (Phi) is 7.23. The van der Waals surface area contributed by atoms with Crippen molar-refractivity contribution >= 4 is 45.0 Å². The lowest BCUT2D eigenvalue weighted by Gasteiger charge is -2.40. The van der Waals surface area contributed by atoms with E-state index in [0.29, 0.717) is 13.0 Å². The smallest absolute Gasteiger partial charge is 0.326 e. The van der Waals surface area contributed by atoms with Gasteiger partial charge in [0.15, 0.2) is 0 Å². The molecule has 7 nitrogen and oxygen atoms in total. The van der Waals surface area contributed by atoms with Crippen LogP contribution in [0.2, 0.25) is 0 Å². The Bertz CT molecular complexity index is 1310. The molecule has 3 heterocycles. The predicted molar refractivity (Wildman–Crippen MR) is 150 cm³/mol. The molecule has 0 saturated carbocycles. The minimum atomic E-state index is -0.366. The maximum atomic E-state index is 13.0. The number of carbonyl (C=O) groups is 2. The van der Waals surface area contributed by atoms with Crippen LogP contribution in [0.15, 0.2) is 36.4 Å². The third kappa shape index (κ3) is 5.22. The Morgan fingerprint density at radius 1 is 1.14 bits per heavy atom. The summed E-state index contributed by atoms with van der Waals surface area (Å²) in [5, 5.41) is 1.25. The first-order valence-electron chi connectivity index (χ1n) is 13.2. The van der Waals surface area contributed by atoms with Crippen LogP contribution in [-0.2, 0) is 26.2 Å². The van der Waals surface area contributed by atoms with Crippen LogP contribution in [0.4, 0.5) is 11.5 Å². The molecule has 37 heavy (non-hydrogen) atoms. The number of rotatable bonds is 7. The number of fused-ring (bicyclic) bond motifs is 2. The standard InChI is InChI=1S/C29H36N4O3S/c1-5-36-26(35)19-33-25(34)18-29(3,4)23-17-21(16-20(2)27(23)33)10-11-31-12-14-32(15-13-31)28-22-8-6-7-9-24(22)37-30-28/h6-9,16-17H,5,10-15,18-19H2,1-4H3. The van der Waals surface area contributed by atoms with Gasteiger partial charge in [-0.15, -0.1) is 0 Å². The molecule has 5 rings (SSSR count). The van der Waals surface area contributed by atoms with E-state index >= 15 is 0 Å². The third-order valence-corrected chi connectivity index (χ3v) is 8.41. The first-order valence-corrected chi connectivity index (χ1v) is 14.0. The molecule has 1 aromatic heterocycles. The summed E-state index contributed by atoms with van der Waals surface area (Å²) in [7, 11) is 0. The number of aryl methyl sites for hydroxylation is 1. The van der Waals surface area contributed by atoms with Crippen LogP contribution in [0.3, 0.4) is 0 Å². The molecule has 1 saturated heterocycles. The zero-order valence-electron chi connectivity index (χ0n) is 22.2. The second-order valence-electron chi connectivity index (χ2n) is 10.7. The van der Waals surface area contributed by atoms with Crippen molar-refractivity contribution in [3.8, 4) is 0 Å². The lowest BCUT2D eigenvalue weighted by molar-refractivity contribution is -0.142. The van der Waals surface area contributed by atoms with E-state index in [-0.39, 0.29) is 23.8 Å². The van der Waals surface area contributed by atoms with Crippen LogP contribution in [0.5, 0.6) is 0 Å². The van der Waals surface area contributed by atoms with E-state index < -0.39 is 0 Å². The fourth-order valence-corrected chi connectivity index (χ4v) is 6.44. The Morgan fingerprint density at radius 3 is 2.65 bits per heavy atom. The molecule has 0 aliphatic carbocycles. The molecule has 1 amide bonds. The van der Waals surface area contributed by atoms with E-state index in [9.17, 15) is 9.59 Å². The number of esters is 1. The number of aromatic nitrogens is 1. The molecular weight excluding hydrogens is 484 g/mol. The van der Waals surface area contributed by atoms with Gasteiger partial charge in [-0.05, 0) is 60.6 Å². The van der Waals surface area contributed by atoms with Crippen molar-refractivity contribution in [2.45, 2.75) is 46.0 Å². The summed E-state index contributed by atoms with van der Waals surface area (Å²) >= 11 is 1.58. The minimum Gasteiger partial charge on any atom is -0.465 e. The molecule has 0 atom stereocenters. The monoisotopic (exact) mass is 520 g/mol. The van der Waals surface area contributed by atoms with E-state index in [0.717, 1.165) is 61.8 Å². The van der Waals surface area contributed by atoms with Crippen molar-refractivity contribution < 1.29 is 14.3 Å². The predicted octanol–water partition coefficient (Wildman–Crippen LogP) is 4.55. The molecule has 2 aromatic carbocycles. The fraction of sp³-hybridized carbons (Fsp3) is 0.483. The van der Waals surface area contributed by atoms with Crippen LogP contribution in [-0.4, -0.2) is 67.0 Å². The van der Waals surface area contributed by atoms with Crippen molar-refractivity contribution in [1.29, 1.82) is 0 Å².